The van der Waals surface area contributed by atoms with Gasteiger partial charge in [-0.1, -0.05) is 24.8 Å². The van der Waals surface area contributed by atoms with E-state index in [0.29, 0.717) is 29.4 Å². The highest BCUT2D eigenvalue weighted by molar-refractivity contribution is 6.15. The Morgan fingerprint density at radius 2 is 2.12 bits per heavy atom. The predicted octanol–water partition coefficient (Wildman–Crippen LogP) is 4.74. The minimum atomic E-state index is -0.119. The summed E-state index contributed by atoms with van der Waals surface area (Å²) in [5.74, 6) is 1.38. The molecule has 0 saturated heterocycles. The number of ketones is 1. The number of ether oxygens (including phenoxy) is 2. The molecule has 0 saturated carbocycles. The highest BCUT2D eigenvalue weighted by Crippen LogP contribution is 2.35. The highest BCUT2D eigenvalue weighted by atomic mass is 16.5. The quantitative estimate of drug-likeness (QED) is 0.555. The van der Waals surface area contributed by atoms with Crippen LogP contribution in [-0.2, 0) is 0 Å². The number of aromatic amines is 1. The number of nitrogens with one attached hydrogen (secondary N) is 1. The average Bonchev–Trinajstić information content (AvgIpc) is 3.15. The van der Waals surface area contributed by atoms with E-state index < -0.39 is 0 Å². The molecular weight excluding hydrogens is 314 g/mol. The molecule has 1 aliphatic heterocycles. The summed E-state index contributed by atoms with van der Waals surface area (Å²) >= 11 is 0. The molecule has 0 aliphatic carbocycles. The second-order valence-electron chi connectivity index (χ2n) is 6.13. The van der Waals surface area contributed by atoms with Crippen molar-refractivity contribution >= 4 is 22.8 Å². The lowest BCUT2D eigenvalue weighted by Crippen LogP contribution is -1.98. The largest absolute Gasteiger partial charge is 0.489 e. The molecule has 2 aromatic carbocycles. The van der Waals surface area contributed by atoms with Crippen molar-refractivity contribution in [2.75, 3.05) is 6.61 Å². The monoisotopic (exact) mass is 331 g/mol. The van der Waals surface area contributed by atoms with Crippen molar-refractivity contribution in [3.05, 3.63) is 77.7 Å². The number of carbonyl (C=O) groups excluding carboxylic acids is 1. The van der Waals surface area contributed by atoms with Gasteiger partial charge in [0.05, 0.1) is 5.56 Å². The van der Waals surface area contributed by atoms with Gasteiger partial charge in [0.15, 0.2) is 5.76 Å². The van der Waals surface area contributed by atoms with E-state index in [9.17, 15) is 4.79 Å². The molecule has 2 heterocycles. The summed E-state index contributed by atoms with van der Waals surface area (Å²) in [6, 6.07) is 13.2. The van der Waals surface area contributed by atoms with Gasteiger partial charge in [-0.2, -0.15) is 0 Å². The summed E-state index contributed by atoms with van der Waals surface area (Å²) in [6.07, 6.45) is 3.65. The van der Waals surface area contributed by atoms with Crippen molar-refractivity contribution in [3.8, 4) is 11.5 Å². The summed E-state index contributed by atoms with van der Waals surface area (Å²) in [6.45, 7) is 6.14. The molecule has 0 amide bonds. The molecule has 0 fully saturated rings. The van der Waals surface area contributed by atoms with Crippen LogP contribution >= 0.6 is 0 Å². The Morgan fingerprint density at radius 3 is 2.96 bits per heavy atom. The average molecular weight is 331 g/mol. The van der Waals surface area contributed by atoms with E-state index in [2.05, 4.69) is 11.6 Å². The molecular formula is C21H17NO3. The van der Waals surface area contributed by atoms with Crippen molar-refractivity contribution in [1.82, 2.24) is 4.98 Å². The van der Waals surface area contributed by atoms with E-state index >= 15 is 0 Å². The predicted molar refractivity (Wildman–Crippen MR) is 98.0 cm³/mol. The zero-order valence-corrected chi connectivity index (χ0v) is 13.8. The SMILES string of the molecule is C=C(C)COc1ccc2c(c1)O/C(=C/c1c[nH]c3ccccc13)C2=O. The molecule has 4 rings (SSSR count). The van der Waals surface area contributed by atoms with Gasteiger partial charge in [-0.3, -0.25) is 4.79 Å². The standard InChI is InChI=1S/C21H17NO3/c1-13(2)12-24-15-7-8-17-19(10-15)25-20(21(17)23)9-14-11-22-18-6-4-3-5-16(14)18/h3-11,22H,1,12H2,2H3/b20-9+. The van der Waals surface area contributed by atoms with Crippen molar-refractivity contribution in [2.45, 2.75) is 6.92 Å². The number of hydrogen-bond acceptors (Lipinski definition) is 3. The third-order valence-electron chi connectivity index (χ3n) is 4.03. The van der Waals surface area contributed by atoms with Crippen LogP contribution < -0.4 is 9.47 Å². The Bertz CT molecular complexity index is 1030. The number of aromatic nitrogens is 1. The van der Waals surface area contributed by atoms with Gasteiger partial charge < -0.3 is 14.5 Å². The van der Waals surface area contributed by atoms with Crippen LogP contribution in [0.5, 0.6) is 11.5 Å². The van der Waals surface area contributed by atoms with Gasteiger partial charge in [-0.25, -0.2) is 0 Å². The van der Waals surface area contributed by atoms with Crippen LogP contribution in [-0.4, -0.2) is 17.4 Å². The van der Waals surface area contributed by atoms with Crippen LogP contribution in [0.1, 0.15) is 22.8 Å². The number of rotatable bonds is 4. The Labute approximate surface area is 145 Å². The van der Waals surface area contributed by atoms with Crippen molar-refractivity contribution in [1.29, 1.82) is 0 Å². The fourth-order valence-electron chi connectivity index (χ4n) is 2.82. The van der Waals surface area contributed by atoms with Gasteiger partial charge in [-0.15, -0.1) is 0 Å². The zero-order chi connectivity index (χ0) is 17.4. The lowest BCUT2D eigenvalue weighted by atomic mass is 10.1. The van der Waals surface area contributed by atoms with Crippen LogP contribution in [0.15, 0.2) is 66.6 Å². The van der Waals surface area contributed by atoms with Gasteiger partial charge in [0.1, 0.15) is 18.1 Å². The number of allylic oxidation sites excluding steroid dienone is 1. The Balaban J connectivity index is 1.64. The van der Waals surface area contributed by atoms with E-state index in [1.165, 1.54) is 0 Å². The second-order valence-corrected chi connectivity index (χ2v) is 6.13. The van der Waals surface area contributed by atoms with Crippen molar-refractivity contribution in [2.24, 2.45) is 0 Å². The number of Topliss-reactive ketones (excluding diaryl/α,β-unsaturated/α-hetero) is 1. The van der Waals surface area contributed by atoms with Gasteiger partial charge in [0, 0.05) is 28.7 Å². The summed E-state index contributed by atoms with van der Waals surface area (Å²) in [5, 5.41) is 1.05. The molecule has 0 spiro atoms. The topological polar surface area (TPSA) is 51.3 Å². The van der Waals surface area contributed by atoms with E-state index in [1.54, 1.807) is 24.3 Å². The number of para-hydroxylation sites is 1. The summed E-state index contributed by atoms with van der Waals surface area (Å²) in [5.41, 5.74) is 3.42. The number of carbonyl (C=O) groups is 1. The first-order valence-electron chi connectivity index (χ1n) is 8.03. The number of fused-ring (bicyclic) bond motifs is 2. The molecule has 124 valence electrons. The van der Waals surface area contributed by atoms with E-state index in [4.69, 9.17) is 9.47 Å². The summed E-state index contributed by atoms with van der Waals surface area (Å²) < 4.78 is 11.4. The first-order chi connectivity index (χ1) is 12.1. The molecule has 0 radical (unpaired) electrons. The van der Waals surface area contributed by atoms with Crippen LogP contribution in [0.25, 0.3) is 17.0 Å². The number of benzene rings is 2. The smallest absolute Gasteiger partial charge is 0.231 e. The molecule has 25 heavy (non-hydrogen) atoms. The van der Waals surface area contributed by atoms with E-state index in [0.717, 1.165) is 22.0 Å². The fraction of sp³-hybridized carbons (Fsp3) is 0.0952. The van der Waals surface area contributed by atoms with Gasteiger partial charge in [0.2, 0.25) is 5.78 Å². The molecule has 4 nitrogen and oxygen atoms in total. The highest BCUT2D eigenvalue weighted by Gasteiger charge is 2.28. The third kappa shape index (κ3) is 2.83. The molecule has 0 bridgehead atoms. The summed E-state index contributed by atoms with van der Waals surface area (Å²) in [7, 11) is 0. The lowest BCUT2D eigenvalue weighted by molar-refractivity contribution is 0.101. The van der Waals surface area contributed by atoms with Crippen LogP contribution in [0, 0.1) is 0 Å². The maximum Gasteiger partial charge on any atom is 0.231 e. The molecule has 1 aromatic heterocycles. The number of hydrogen-bond donors (Lipinski definition) is 1. The maximum absolute atomic E-state index is 12.6. The van der Waals surface area contributed by atoms with E-state index in [-0.39, 0.29) is 5.78 Å². The molecule has 0 unspecified atom stereocenters. The second kappa shape index (κ2) is 5.98. The number of H-pyrrole nitrogens is 1. The first-order valence-corrected chi connectivity index (χ1v) is 8.03. The van der Waals surface area contributed by atoms with Crippen LogP contribution in [0.3, 0.4) is 0 Å². The lowest BCUT2D eigenvalue weighted by Gasteiger charge is -2.06. The van der Waals surface area contributed by atoms with Crippen molar-refractivity contribution in [3.63, 3.8) is 0 Å². The van der Waals surface area contributed by atoms with Gasteiger partial charge in [0.25, 0.3) is 0 Å². The van der Waals surface area contributed by atoms with Crippen LogP contribution in [0.2, 0.25) is 0 Å². The first kappa shape index (κ1) is 15.3. The normalized spacial score (nSPS) is 14.6. The molecule has 4 heteroatoms. The maximum atomic E-state index is 12.6. The molecule has 1 aliphatic rings. The van der Waals surface area contributed by atoms with Crippen LogP contribution in [0.4, 0.5) is 0 Å². The minimum Gasteiger partial charge on any atom is -0.489 e. The van der Waals surface area contributed by atoms with Gasteiger partial charge >= 0.3 is 0 Å². The van der Waals surface area contributed by atoms with Gasteiger partial charge in [-0.05, 0) is 36.8 Å². The fourth-order valence-corrected chi connectivity index (χ4v) is 2.82. The molecule has 3 aromatic rings. The molecule has 1 N–H and O–H groups in total. The Hall–Kier alpha value is -3.27. The van der Waals surface area contributed by atoms with E-state index in [1.807, 2.05) is 37.4 Å². The summed E-state index contributed by atoms with van der Waals surface area (Å²) in [4.78, 5) is 15.8. The third-order valence-corrected chi connectivity index (χ3v) is 4.03. The van der Waals surface area contributed by atoms with Crippen molar-refractivity contribution < 1.29 is 14.3 Å². The Morgan fingerprint density at radius 1 is 1.28 bits per heavy atom. The zero-order valence-electron chi connectivity index (χ0n) is 13.8. The Kier molecular flexibility index (Phi) is 3.65. The minimum absolute atomic E-state index is 0.119. The molecule has 0 atom stereocenters.